The third-order valence-electron chi connectivity index (χ3n) is 5.12. The number of rotatable bonds is 5. The number of aryl methyl sites for hydroxylation is 2. The van der Waals surface area contributed by atoms with Crippen LogP contribution in [0.5, 0.6) is 0 Å². The lowest BCUT2D eigenvalue weighted by Crippen LogP contribution is -2.24. The van der Waals surface area contributed by atoms with Gasteiger partial charge in [-0.15, -0.1) is 0 Å². The SMILES string of the molecule is Cc1ccc(NC[C@H](O)Cn2c3ccccc3c3ccccc32)cc1C. The molecule has 0 fully saturated rings. The van der Waals surface area contributed by atoms with Gasteiger partial charge in [-0.3, -0.25) is 0 Å². The minimum absolute atomic E-state index is 0.476. The number of nitrogens with zero attached hydrogens (tertiary/aromatic N) is 1. The normalized spacial score (nSPS) is 12.6. The van der Waals surface area contributed by atoms with E-state index in [0.717, 1.165) is 5.69 Å². The van der Waals surface area contributed by atoms with E-state index < -0.39 is 6.10 Å². The molecule has 0 saturated heterocycles. The second kappa shape index (κ2) is 6.85. The van der Waals surface area contributed by atoms with E-state index >= 15 is 0 Å². The summed E-state index contributed by atoms with van der Waals surface area (Å²) in [6.07, 6.45) is -0.476. The van der Waals surface area contributed by atoms with Gasteiger partial charge in [-0.2, -0.15) is 0 Å². The minimum Gasteiger partial charge on any atom is -0.389 e. The summed E-state index contributed by atoms with van der Waals surface area (Å²) < 4.78 is 2.22. The number of nitrogens with one attached hydrogen (secondary N) is 1. The van der Waals surface area contributed by atoms with Gasteiger partial charge in [-0.1, -0.05) is 42.5 Å². The van der Waals surface area contributed by atoms with Gasteiger partial charge >= 0.3 is 0 Å². The standard InChI is InChI=1S/C23H24N2O/c1-16-11-12-18(13-17(16)2)24-14-19(26)15-25-22-9-5-3-7-20(22)21-8-4-6-10-23(21)25/h3-13,19,24,26H,14-15H2,1-2H3/t19-/m0/s1. The van der Waals surface area contributed by atoms with Crippen LogP contribution < -0.4 is 5.32 Å². The molecule has 132 valence electrons. The second-order valence-corrected chi connectivity index (χ2v) is 6.98. The highest BCUT2D eigenvalue weighted by molar-refractivity contribution is 6.07. The van der Waals surface area contributed by atoms with E-state index in [1.165, 1.54) is 32.9 Å². The third-order valence-corrected chi connectivity index (χ3v) is 5.12. The lowest BCUT2D eigenvalue weighted by molar-refractivity contribution is 0.169. The Morgan fingerprint density at radius 2 is 1.46 bits per heavy atom. The molecule has 0 spiro atoms. The second-order valence-electron chi connectivity index (χ2n) is 6.98. The van der Waals surface area contributed by atoms with Crippen molar-refractivity contribution in [2.45, 2.75) is 26.5 Å². The summed E-state index contributed by atoms with van der Waals surface area (Å²) in [6, 6.07) is 23.1. The van der Waals surface area contributed by atoms with Gasteiger partial charge in [0.1, 0.15) is 0 Å². The molecule has 1 aromatic heterocycles. The smallest absolute Gasteiger partial charge is 0.0891 e. The number of hydrogen-bond acceptors (Lipinski definition) is 2. The molecule has 0 radical (unpaired) electrons. The van der Waals surface area contributed by atoms with Crippen LogP contribution in [0.2, 0.25) is 0 Å². The van der Waals surface area contributed by atoms with Gasteiger partial charge in [0, 0.05) is 34.0 Å². The van der Waals surface area contributed by atoms with Crippen molar-refractivity contribution in [1.82, 2.24) is 4.57 Å². The topological polar surface area (TPSA) is 37.2 Å². The van der Waals surface area contributed by atoms with Crippen LogP contribution in [0.1, 0.15) is 11.1 Å². The maximum absolute atomic E-state index is 10.6. The van der Waals surface area contributed by atoms with Crippen molar-refractivity contribution in [2.24, 2.45) is 0 Å². The molecule has 3 aromatic carbocycles. The fourth-order valence-corrected chi connectivity index (χ4v) is 3.56. The number of hydrogen-bond donors (Lipinski definition) is 2. The van der Waals surface area contributed by atoms with Crippen LogP contribution in [0, 0.1) is 13.8 Å². The minimum atomic E-state index is -0.476. The Kier molecular flexibility index (Phi) is 4.39. The van der Waals surface area contributed by atoms with Gasteiger partial charge < -0.3 is 15.0 Å². The third kappa shape index (κ3) is 3.06. The van der Waals surface area contributed by atoms with Crippen molar-refractivity contribution in [1.29, 1.82) is 0 Å². The number of anilines is 1. The fraction of sp³-hybridized carbons (Fsp3) is 0.217. The summed E-state index contributed by atoms with van der Waals surface area (Å²) in [4.78, 5) is 0. The molecule has 0 unspecified atom stereocenters. The molecule has 4 rings (SSSR count). The molecule has 4 aromatic rings. The van der Waals surface area contributed by atoms with Crippen molar-refractivity contribution in [2.75, 3.05) is 11.9 Å². The number of para-hydroxylation sites is 2. The average molecular weight is 344 g/mol. The van der Waals surface area contributed by atoms with Crippen LogP contribution in [0.25, 0.3) is 21.8 Å². The van der Waals surface area contributed by atoms with Crippen LogP contribution in [0.3, 0.4) is 0 Å². The van der Waals surface area contributed by atoms with Crippen molar-refractivity contribution in [3.8, 4) is 0 Å². The predicted molar refractivity (Wildman–Crippen MR) is 110 cm³/mol. The molecule has 3 heteroatoms. The Morgan fingerprint density at radius 3 is 2.08 bits per heavy atom. The average Bonchev–Trinajstić information content (AvgIpc) is 2.97. The summed E-state index contributed by atoms with van der Waals surface area (Å²) in [5.74, 6) is 0. The van der Waals surface area contributed by atoms with Crippen molar-refractivity contribution < 1.29 is 5.11 Å². The van der Waals surface area contributed by atoms with Gasteiger partial charge in [-0.25, -0.2) is 0 Å². The molecule has 3 nitrogen and oxygen atoms in total. The number of benzene rings is 3. The molecule has 0 aliphatic rings. The van der Waals surface area contributed by atoms with Crippen molar-refractivity contribution in [3.05, 3.63) is 77.9 Å². The fourth-order valence-electron chi connectivity index (χ4n) is 3.56. The van der Waals surface area contributed by atoms with Gasteiger partial charge in [0.15, 0.2) is 0 Å². The first-order valence-corrected chi connectivity index (χ1v) is 9.08. The Bertz CT molecular complexity index is 1010. The van der Waals surface area contributed by atoms with Gasteiger partial charge in [0.05, 0.1) is 12.6 Å². The molecular formula is C23H24N2O. The van der Waals surface area contributed by atoms with Crippen LogP contribution in [-0.4, -0.2) is 22.3 Å². The van der Waals surface area contributed by atoms with Crippen LogP contribution in [0.15, 0.2) is 66.7 Å². The van der Waals surface area contributed by atoms with Gasteiger partial charge in [0.25, 0.3) is 0 Å². The molecule has 26 heavy (non-hydrogen) atoms. The highest BCUT2D eigenvalue weighted by Crippen LogP contribution is 2.28. The maximum atomic E-state index is 10.6. The first-order chi connectivity index (χ1) is 12.6. The highest BCUT2D eigenvalue weighted by Gasteiger charge is 2.13. The zero-order chi connectivity index (χ0) is 18.1. The molecule has 0 bridgehead atoms. The summed E-state index contributed by atoms with van der Waals surface area (Å²) in [5, 5.41) is 16.5. The zero-order valence-corrected chi connectivity index (χ0v) is 15.2. The highest BCUT2D eigenvalue weighted by atomic mass is 16.3. The van der Waals surface area contributed by atoms with E-state index in [1.807, 2.05) is 0 Å². The molecule has 2 N–H and O–H groups in total. The lowest BCUT2D eigenvalue weighted by atomic mass is 10.1. The van der Waals surface area contributed by atoms with E-state index in [1.54, 1.807) is 0 Å². The lowest BCUT2D eigenvalue weighted by Gasteiger charge is -2.16. The van der Waals surface area contributed by atoms with Crippen LogP contribution >= 0.6 is 0 Å². The number of aliphatic hydroxyl groups excluding tert-OH is 1. The summed E-state index contributed by atoms with van der Waals surface area (Å²) in [6.45, 7) is 5.29. The Morgan fingerprint density at radius 1 is 0.846 bits per heavy atom. The molecule has 0 amide bonds. The quantitative estimate of drug-likeness (QED) is 0.541. The summed E-state index contributed by atoms with van der Waals surface area (Å²) in [7, 11) is 0. The van der Waals surface area contributed by atoms with Crippen molar-refractivity contribution >= 4 is 27.5 Å². The molecular weight excluding hydrogens is 320 g/mol. The zero-order valence-electron chi connectivity index (χ0n) is 15.2. The molecule has 0 aliphatic heterocycles. The molecule has 0 aliphatic carbocycles. The van der Waals surface area contributed by atoms with Gasteiger partial charge in [0.2, 0.25) is 0 Å². The van der Waals surface area contributed by atoms with E-state index in [2.05, 4.69) is 90.5 Å². The Labute approximate surface area is 153 Å². The number of aliphatic hydroxyl groups is 1. The largest absolute Gasteiger partial charge is 0.389 e. The van der Waals surface area contributed by atoms with E-state index in [4.69, 9.17) is 0 Å². The van der Waals surface area contributed by atoms with Crippen molar-refractivity contribution in [3.63, 3.8) is 0 Å². The Balaban J connectivity index is 1.57. The first-order valence-electron chi connectivity index (χ1n) is 9.08. The van der Waals surface area contributed by atoms with E-state index in [-0.39, 0.29) is 0 Å². The van der Waals surface area contributed by atoms with E-state index in [0.29, 0.717) is 13.1 Å². The summed E-state index contributed by atoms with van der Waals surface area (Å²) >= 11 is 0. The molecule has 1 atom stereocenters. The molecule has 0 saturated carbocycles. The summed E-state index contributed by atoms with van der Waals surface area (Å²) in [5.41, 5.74) is 5.92. The number of aromatic nitrogens is 1. The van der Waals surface area contributed by atoms with Crippen LogP contribution in [0.4, 0.5) is 5.69 Å². The van der Waals surface area contributed by atoms with E-state index in [9.17, 15) is 5.11 Å². The predicted octanol–water partition coefficient (Wildman–Crippen LogP) is 4.88. The monoisotopic (exact) mass is 344 g/mol. The van der Waals surface area contributed by atoms with Gasteiger partial charge in [-0.05, 0) is 49.2 Å². The van der Waals surface area contributed by atoms with Crippen LogP contribution in [-0.2, 0) is 6.54 Å². The maximum Gasteiger partial charge on any atom is 0.0891 e. The Hall–Kier alpha value is -2.78. The first kappa shape index (κ1) is 16.7. The molecule has 1 heterocycles. The number of fused-ring (bicyclic) bond motifs is 3.